The number of hydrogen-bond acceptors (Lipinski definition) is 4. The third-order valence-electron chi connectivity index (χ3n) is 2.73. The number of nitrogen functional groups attached to an aromatic ring is 1. The van der Waals surface area contributed by atoms with Crippen LogP contribution in [-0.4, -0.2) is 30.5 Å². The highest BCUT2D eigenvalue weighted by atomic mass is 19.2. The Morgan fingerprint density at radius 1 is 1.23 bits per heavy atom. The number of nitrogens with two attached hydrogens (primary N) is 1. The van der Waals surface area contributed by atoms with E-state index in [0.29, 0.717) is 6.42 Å². The highest BCUT2D eigenvalue weighted by molar-refractivity contribution is 5.95. The number of aliphatic hydroxyl groups excluding tert-OH is 1. The van der Waals surface area contributed by atoms with E-state index in [1.165, 1.54) is 0 Å². The number of halogens is 4. The summed E-state index contributed by atoms with van der Waals surface area (Å²) in [5.41, 5.74) is 2.06. The first-order valence-electron chi connectivity index (χ1n) is 6.49. The molecule has 1 aromatic rings. The predicted molar refractivity (Wildman–Crippen MR) is 69.9 cm³/mol. The van der Waals surface area contributed by atoms with Gasteiger partial charge in [-0.1, -0.05) is 6.92 Å². The van der Waals surface area contributed by atoms with E-state index in [-0.39, 0.29) is 19.6 Å². The molecule has 0 saturated carbocycles. The van der Waals surface area contributed by atoms with Crippen LogP contribution in [0.1, 0.15) is 30.1 Å². The topological polar surface area (TPSA) is 84.6 Å². The van der Waals surface area contributed by atoms with Crippen LogP contribution < -0.4 is 11.1 Å². The molecule has 9 heteroatoms. The van der Waals surface area contributed by atoms with Crippen LogP contribution in [0.25, 0.3) is 0 Å². The van der Waals surface area contributed by atoms with E-state index in [0.717, 1.165) is 0 Å². The van der Waals surface area contributed by atoms with E-state index in [1.54, 1.807) is 6.92 Å². The maximum absolute atomic E-state index is 13.6. The summed E-state index contributed by atoms with van der Waals surface area (Å²) in [5, 5.41) is 10.9. The van der Waals surface area contributed by atoms with Crippen LogP contribution in [-0.2, 0) is 4.74 Å². The van der Waals surface area contributed by atoms with Crippen molar-refractivity contribution in [1.82, 2.24) is 5.32 Å². The molecule has 1 amide bonds. The highest BCUT2D eigenvalue weighted by Gasteiger charge is 2.29. The molecular formula is C13H16F4N2O3. The number of carbonyl (C=O) groups is 1. The van der Waals surface area contributed by atoms with Crippen molar-refractivity contribution in [3.63, 3.8) is 0 Å². The summed E-state index contributed by atoms with van der Waals surface area (Å²) in [6.45, 7) is 1.62. The summed E-state index contributed by atoms with van der Waals surface area (Å²) in [6, 6.07) is 0. The second kappa shape index (κ2) is 7.95. The largest absolute Gasteiger partial charge is 0.396 e. The molecule has 1 rings (SSSR count). The van der Waals surface area contributed by atoms with Gasteiger partial charge in [0.15, 0.2) is 23.3 Å². The fourth-order valence-corrected chi connectivity index (χ4v) is 1.64. The molecule has 4 N–H and O–H groups in total. The normalized spacial score (nSPS) is 12.3. The number of amides is 1. The standard InChI is InChI=1S/C13H16F4N2O3/c1-2-5-22-6(3-4-20)19-13(21)7-8(14)10(16)12(18)11(17)9(7)15/h6,20H,2-5,18H2,1H3,(H,19,21). The van der Waals surface area contributed by atoms with Crippen molar-refractivity contribution in [2.75, 3.05) is 18.9 Å². The maximum Gasteiger partial charge on any atom is 0.259 e. The Labute approximate surface area is 124 Å². The molecule has 5 nitrogen and oxygen atoms in total. The number of hydrogen-bond donors (Lipinski definition) is 3. The second-order valence-corrected chi connectivity index (χ2v) is 4.39. The summed E-state index contributed by atoms with van der Waals surface area (Å²) in [4.78, 5) is 11.8. The zero-order valence-electron chi connectivity index (χ0n) is 11.8. The molecule has 124 valence electrons. The SMILES string of the molecule is CCCOC(CCO)NC(=O)c1c(F)c(F)c(N)c(F)c1F. The molecular weight excluding hydrogens is 308 g/mol. The molecule has 0 aliphatic rings. The van der Waals surface area contributed by atoms with E-state index in [4.69, 9.17) is 15.6 Å². The number of anilines is 1. The Kier molecular flexibility index (Phi) is 6.57. The summed E-state index contributed by atoms with van der Waals surface area (Å²) >= 11 is 0. The molecule has 0 fully saturated rings. The Hall–Kier alpha value is -1.87. The van der Waals surface area contributed by atoms with Gasteiger partial charge in [-0.15, -0.1) is 0 Å². The third kappa shape index (κ3) is 3.86. The molecule has 1 unspecified atom stereocenters. The van der Waals surface area contributed by atoms with Crippen LogP contribution in [0.15, 0.2) is 0 Å². The van der Waals surface area contributed by atoms with Crippen LogP contribution in [0, 0.1) is 23.3 Å². The number of aliphatic hydroxyl groups is 1. The highest BCUT2D eigenvalue weighted by Crippen LogP contribution is 2.25. The number of benzene rings is 1. The van der Waals surface area contributed by atoms with Crippen LogP contribution in [0.3, 0.4) is 0 Å². The first-order valence-corrected chi connectivity index (χ1v) is 6.49. The number of ether oxygens (including phenoxy) is 1. The minimum Gasteiger partial charge on any atom is -0.396 e. The van der Waals surface area contributed by atoms with E-state index in [1.807, 2.05) is 5.32 Å². The lowest BCUT2D eigenvalue weighted by molar-refractivity contribution is 0.0142. The van der Waals surface area contributed by atoms with Gasteiger partial charge in [-0.25, -0.2) is 17.6 Å². The molecule has 0 saturated heterocycles. The van der Waals surface area contributed by atoms with Crippen molar-refractivity contribution in [3.05, 3.63) is 28.8 Å². The fourth-order valence-electron chi connectivity index (χ4n) is 1.64. The predicted octanol–water partition coefficient (Wildman–Crippen LogP) is 1.69. The maximum atomic E-state index is 13.6. The molecule has 0 radical (unpaired) electrons. The molecule has 0 spiro atoms. The van der Waals surface area contributed by atoms with Crippen molar-refractivity contribution >= 4 is 11.6 Å². The monoisotopic (exact) mass is 324 g/mol. The van der Waals surface area contributed by atoms with Crippen LogP contribution in [0.2, 0.25) is 0 Å². The molecule has 1 atom stereocenters. The lowest BCUT2D eigenvalue weighted by Gasteiger charge is -2.19. The number of rotatable bonds is 7. The van der Waals surface area contributed by atoms with Crippen molar-refractivity contribution in [2.24, 2.45) is 0 Å². The molecule has 0 aromatic heterocycles. The van der Waals surface area contributed by atoms with Gasteiger partial charge >= 0.3 is 0 Å². The molecule has 22 heavy (non-hydrogen) atoms. The molecule has 0 heterocycles. The molecule has 0 aliphatic carbocycles. The number of nitrogens with one attached hydrogen (secondary N) is 1. The van der Waals surface area contributed by atoms with Crippen LogP contribution in [0.4, 0.5) is 23.2 Å². The van der Waals surface area contributed by atoms with E-state index in [2.05, 4.69) is 0 Å². The number of carbonyl (C=O) groups excluding carboxylic acids is 1. The average Bonchev–Trinajstić information content (AvgIpc) is 2.49. The molecule has 0 aliphatic heterocycles. The average molecular weight is 324 g/mol. The molecule has 1 aromatic carbocycles. The van der Waals surface area contributed by atoms with Crippen LogP contribution in [0.5, 0.6) is 0 Å². The van der Waals surface area contributed by atoms with Crippen molar-refractivity contribution in [2.45, 2.75) is 26.0 Å². The second-order valence-electron chi connectivity index (χ2n) is 4.39. The van der Waals surface area contributed by atoms with Gasteiger partial charge in [-0.2, -0.15) is 0 Å². The Morgan fingerprint density at radius 2 is 1.77 bits per heavy atom. The van der Waals surface area contributed by atoms with E-state index >= 15 is 0 Å². The van der Waals surface area contributed by atoms with Gasteiger partial charge in [0.25, 0.3) is 5.91 Å². The van der Waals surface area contributed by atoms with E-state index in [9.17, 15) is 22.4 Å². The summed E-state index contributed by atoms with van der Waals surface area (Å²) in [5.74, 6) is -8.91. The zero-order valence-corrected chi connectivity index (χ0v) is 11.8. The van der Waals surface area contributed by atoms with Gasteiger partial charge < -0.3 is 20.9 Å². The van der Waals surface area contributed by atoms with Gasteiger partial charge in [-0.3, -0.25) is 4.79 Å². The lowest BCUT2D eigenvalue weighted by Crippen LogP contribution is -2.39. The minimum absolute atomic E-state index is 0.0606. The van der Waals surface area contributed by atoms with Gasteiger partial charge in [0, 0.05) is 19.6 Å². The van der Waals surface area contributed by atoms with Gasteiger partial charge in [0.05, 0.1) is 0 Å². The minimum atomic E-state index is -1.90. The van der Waals surface area contributed by atoms with Gasteiger partial charge in [0.2, 0.25) is 0 Å². The smallest absolute Gasteiger partial charge is 0.259 e. The Morgan fingerprint density at radius 3 is 2.23 bits per heavy atom. The quantitative estimate of drug-likeness (QED) is 0.308. The Bertz CT molecular complexity index is 526. The summed E-state index contributed by atoms with van der Waals surface area (Å²) in [7, 11) is 0. The Balaban J connectivity index is 3.07. The third-order valence-corrected chi connectivity index (χ3v) is 2.73. The first-order chi connectivity index (χ1) is 10.3. The van der Waals surface area contributed by atoms with Gasteiger partial charge in [0.1, 0.15) is 17.5 Å². The van der Waals surface area contributed by atoms with Gasteiger partial charge in [-0.05, 0) is 6.42 Å². The van der Waals surface area contributed by atoms with E-state index < -0.39 is 46.7 Å². The summed E-state index contributed by atoms with van der Waals surface area (Å²) in [6.07, 6.45) is -0.527. The molecule has 0 bridgehead atoms. The lowest BCUT2D eigenvalue weighted by atomic mass is 10.1. The van der Waals surface area contributed by atoms with Crippen molar-refractivity contribution in [1.29, 1.82) is 0 Å². The van der Waals surface area contributed by atoms with Crippen molar-refractivity contribution in [3.8, 4) is 0 Å². The zero-order chi connectivity index (χ0) is 16.9. The summed E-state index contributed by atoms with van der Waals surface area (Å²) < 4.78 is 59.0. The van der Waals surface area contributed by atoms with Crippen molar-refractivity contribution < 1.29 is 32.2 Å². The first kappa shape index (κ1) is 18.2. The fraction of sp³-hybridized carbons (Fsp3) is 0.462. The van der Waals surface area contributed by atoms with Crippen LogP contribution >= 0.6 is 0 Å².